The molecule has 0 radical (unpaired) electrons. The van der Waals surface area contributed by atoms with E-state index >= 15 is 0 Å². The van der Waals surface area contributed by atoms with Crippen molar-refractivity contribution in [3.05, 3.63) is 52.3 Å². The number of amides is 1. The van der Waals surface area contributed by atoms with Gasteiger partial charge in [0.15, 0.2) is 0 Å². The largest absolute Gasteiger partial charge is 0.368 e. The second-order valence-electron chi connectivity index (χ2n) is 6.23. The number of hydrogen-bond acceptors (Lipinski definition) is 7. The first-order valence-corrected chi connectivity index (χ1v) is 10.2. The highest BCUT2D eigenvalue weighted by molar-refractivity contribution is 7.15. The molecule has 0 saturated carbocycles. The number of anilines is 1. The Hall–Kier alpha value is -2.65. The summed E-state index contributed by atoms with van der Waals surface area (Å²) in [5.41, 5.74) is 1.18. The van der Waals surface area contributed by atoms with Crippen LogP contribution in [0.2, 0.25) is 5.02 Å². The minimum absolute atomic E-state index is 0.0673. The molecule has 0 unspecified atom stereocenters. The number of hydrogen-bond donors (Lipinski definition) is 2. The first-order chi connectivity index (χ1) is 14.0. The van der Waals surface area contributed by atoms with Crippen LogP contribution in [0.3, 0.4) is 0 Å². The molecular formula is C19H20ClFN6OS. The Balaban J connectivity index is 1.48. The highest BCUT2D eigenvalue weighted by atomic mass is 35.5. The minimum atomic E-state index is -1.06. The van der Waals surface area contributed by atoms with Crippen molar-refractivity contribution in [1.29, 1.82) is 0 Å². The zero-order valence-corrected chi connectivity index (χ0v) is 17.3. The summed E-state index contributed by atoms with van der Waals surface area (Å²) >= 11 is 7.41. The van der Waals surface area contributed by atoms with E-state index in [1.807, 2.05) is 0 Å². The molecule has 0 aliphatic carbocycles. The van der Waals surface area contributed by atoms with E-state index in [2.05, 4.69) is 30.8 Å². The average molecular weight is 435 g/mol. The fourth-order valence-corrected chi connectivity index (χ4v) is 3.61. The van der Waals surface area contributed by atoms with E-state index in [9.17, 15) is 9.18 Å². The van der Waals surface area contributed by atoms with Crippen molar-refractivity contribution in [3.63, 3.8) is 0 Å². The Morgan fingerprint density at radius 3 is 2.86 bits per heavy atom. The molecule has 0 aliphatic heterocycles. The molecule has 7 nitrogen and oxygen atoms in total. The summed E-state index contributed by atoms with van der Waals surface area (Å²) in [6, 6.07) is 6.98. The number of likely N-dealkylation sites (N-methyl/N-ethyl adjacent to an activating group) is 1. The zero-order chi connectivity index (χ0) is 20.6. The molecule has 3 aromatic rings. The van der Waals surface area contributed by atoms with Crippen molar-refractivity contribution in [2.24, 2.45) is 0 Å². The molecule has 0 bridgehead atoms. The van der Waals surface area contributed by atoms with Gasteiger partial charge in [-0.05, 0) is 30.7 Å². The van der Waals surface area contributed by atoms with E-state index in [0.29, 0.717) is 40.2 Å². The molecule has 152 valence electrons. The van der Waals surface area contributed by atoms with E-state index in [4.69, 9.17) is 11.6 Å². The second kappa shape index (κ2) is 10.2. The molecule has 10 heteroatoms. The molecule has 0 aromatic carbocycles. The molecule has 0 saturated heterocycles. The third kappa shape index (κ3) is 6.16. The lowest BCUT2D eigenvalue weighted by molar-refractivity contribution is -0.119. The van der Waals surface area contributed by atoms with E-state index in [0.717, 1.165) is 4.88 Å². The van der Waals surface area contributed by atoms with Gasteiger partial charge in [-0.25, -0.2) is 9.37 Å². The fourth-order valence-electron chi connectivity index (χ4n) is 2.53. The zero-order valence-electron chi connectivity index (χ0n) is 15.7. The molecule has 29 heavy (non-hydrogen) atoms. The monoisotopic (exact) mass is 434 g/mol. The summed E-state index contributed by atoms with van der Waals surface area (Å²) in [6.07, 6.45) is 2.97. The summed E-state index contributed by atoms with van der Waals surface area (Å²) in [4.78, 5) is 20.7. The summed E-state index contributed by atoms with van der Waals surface area (Å²) in [6.45, 7) is 0.410. The Morgan fingerprint density at radius 1 is 1.28 bits per heavy atom. The van der Waals surface area contributed by atoms with Crippen LogP contribution in [0, 0.1) is 0 Å². The highest BCUT2D eigenvalue weighted by Gasteiger charge is 2.12. The number of nitrogens with one attached hydrogen (secondary N) is 2. The number of rotatable bonds is 9. The molecule has 3 heterocycles. The van der Waals surface area contributed by atoms with E-state index in [1.54, 1.807) is 43.7 Å². The lowest BCUT2D eigenvalue weighted by atomic mass is 10.1. The Labute approximate surface area is 176 Å². The quantitative estimate of drug-likeness (QED) is 0.536. The van der Waals surface area contributed by atoms with Crippen LogP contribution in [0.5, 0.6) is 0 Å². The first-order valence-electron chi connectivity index (χ1n) is 9.02. The molecule has 1 atom stereocenters. The standard InChI is InChI=1S/C19H20ClFN6OS/c1-22-18(28)10-13-11-25-19(29-13)15-4-5-17(27-26-15)24-8-6-12(21)9-16-14(20)3-2-7-23-16/h2-5,7,11-12H,6,8-10H2,1H3,(H,22,28)(H,24,27)/t12-/m0/s1. The summed E-state index contributed by atoms with van der Waals surface area (Å²) < 4.78 is 14.2. The maximum atomic E-state index is 14.2. The molecular weight excluding hydrogens is 415 g/mol. The van der Waals surface area contributed by atoms with Crippen LogP contribution in [0.25, 0.3) is 10.7 Å². The van der Waals surface area contributed by atoms with Gasteiger partial charge in [0.05, 0.1) is 17.1 Å². The van der Waals surface area contributed by atoms with Gasteiger partial charge in [0, 0.05) is 37.3 Å². The summed E-state index contributed by atoms with van der Waals surface area (Å²) in [5, 5.41) is 15.1. The predicted molar refractivity (Wildman–Crippen MR) is 112 cm³/mol. The number of carbonyl (C=O) groups excluding carboxylic acids is 1. The normalized spacial score (nSPS) is 11.8. The van der Waals surface area contributed by atoms with Crippen molar-refractivity contribution >= 4 is 34.7 Å². The Bertz CT molecular complexity index is 952. The van der Waals surface area contributed by atoms with Gasteiger partial charge in [-0.2, -0.15) is 0 Å². The number of carbonyl (C=O) groups is 1. The Kier molecular flexibility index (Phi) is 7.42. The number of thiazole rings is 1. The van der Waals surface area contributed by atoms with Crippen molar-refractivity contribution in [3.8, 4) is 10.7 Å². The smallest absolute Gasteiger partial charge is 0.225 e. The lowest BCUT2D eigenvalue weighted by Gasteiger charge is -2.10. The van der Waals surface area contributed by atoms with Crippen LogP contribution in [0.1, 0.15) is 17.0 Å². The molecule has 3 aromatic heterocycles. The minimum Gasteiger partial charge on any atom is -0.368 e. The van der Waals surface area contributed by atoms with Gasteiger partial charge in [-0.15, -0.1) is 21.5 Å². The van der Waals surface area contributed by atoms with Gasteiger partial charge in [-0.1, -0.05) is 11.6 Å². The van der Waals surface area contributed by atoms with Gasteiger partial charge >= 0.3 is 0 Å². The maximum absolute atomic E-state index is 14.2. The van der Waals surface area contributed by atoms with Gasteiger partial charge in [-0.3, -0.25) is 9.78 Å². The molecule has 3 rings (SSSR count). The Morgan fingerprint density at radius 2 is 2.14 bits per heavy atom. The van der Waals surface area contributed by atoms with Crippen LogP contribution in [-0.2, 0) is 17.6 Å². The SMILES string of the molecule is CNC(=O)Cc1cnc(-c2ccc(NCC[C@H](F)Cc3ncccc3Cl)nn2)s1. The second-order valence-corrected chi connectivity index (χ2v) is 7.76. The summed E-state index contributed by atoms with van der Waals surface area (Å²) in [5.74, 6) is 0.487. The van der Waals surface area contributed by atoms with E-state index in [-0.39, 0.29) is 18.7 Å². The topological polar surface area (TPSA) is 92.7 Å². The van der Waals surface area contributed by atoms with Crippen LogP contribution in [-0.4, -0.2) is 45.8 Å². The number of nitrogens with zero attached hydrogens (tertiary/aromatic N) is 4. The highest BCUT2D eigenvalue weighted by Crippen LogP contribution is 2.24. The van der Waals surface area contributed by atoms with Crippen molar-refractivity contribution in [2.75, 3.05) is 18.9 Å². The van der Waals surface area contributed by atoms with Crippen LogP contribution >= 0.6 is 22.9 Å². The average Bonchev–Trinajstić information content (AvgIpc) is 3.18. The number of alkyl halides is 1. The van der Waals surface area contributed by atoms with Gasteiger partial charge in [0.2, 0.25) is 5.91 Å². The first kappa shape index (κ1) is 21.1. The van der Waals surface area contributed by atoms with E-state index < -0.39 is 6.17 Å². The van der Waals surface area contributed by atoms with Crippen molar-refractivity contribution in [1.82, 2.24) is 25.5 Å². The van der Waals surface area contributed by atoms with E-state index in [1.165, 1.54) is 11.3 Å². The van der Waals surface area contributed by atoms with Crippen LogP contribution in [0.4, 0.5) is 10.2 Å². The molecule has 0 aliphatic rings. The number of aromatic nitrogens is 4. The molecule has 0 spiro atoms. The summed E-state index contributed by atoms with van der Waals surface area (Å²) in [7, 11) is 1.60. The van der Waals surface area contributed by atoms with Crippen molar-refractivity contribution in [2.45, 2.75) is 25.4 Å². The number of halogens is 2. The fraction of sp³-hybridized carbons (Fsp3) is 0.316. The van der Waals surface area contributed by atoms with Gasteiger partial charge in [0.1, 0.15) is 22.7 Å². The lowest BCUT2D eigenvalue weighted by Crippen LogP contribution is -2.19. The predicted octanol–water partition coefficient (Wildman–Crippen LogP) is 3.32. The van der Waals surface area contributed by atoms with Crippen LogP contribution < -0.4 is 10.6 Å². The molecule has 1 amide bonds. The molecule has 0 fully saturated rings. The maximum Gasteiger partial charge on any atom is 0.225 e. The van der Waals surface area contributed by atoms with Gasteiger partial charge < -0.3 is 10.6 Å². The number of pyridine rings is 1. The molecule has 2 N–H and O–H groups in total. The third-order valence-electron chi connectivity index (χ3n) is 4.06. The van der Waals surface area contributed by atoms with Crippen LogP contribution in [0.15, 0.2) is 36.7 Å². The third-order valence-corrected chi connectivity index (χ3v) is 5.43. The van der Waals surface area contributed by atoms with Crippen molar-refractivity contribution < 1.29 is 9.18 Å². The van der Waals surface area contributed by atoms with Gasteiger partial charge in [0.25, 0.3) is 0 Å².